The van der Waals surface area contributed by atoms with Crippen LogP contribution in [0.15, 0.2) is 18.2 Å². The highest BCUT2D eigenvalue weighted by atomic mass is 16.5. The highest BCUT2D eigenvalue weighted by molar-refractivity contribution is 5.65. The first kappa shape index (κ1) is 25.4. The lowest BCUT2D eigenvalue weighted by molar-refractivity contribution is 0.0970. The summed E-state index contributed by atoms with van der Waals surface area (Å²) in [7, 11) is 3.97. The summed E-state index contributed by atoms with van der Waals surface area (Å²) in [6.45, 7) is 19.8. The number of ether oxygens (including phenoxy) is 1. The quantitative estimate of drug-likeness (QED) is 0.465. The Morgan fingerprint density at radius 1 is 1.03 bits per heavy atom. The largest absolute Gasteiger partial charge is 0.383 e. The maximum absolute atomic E-state index is 5.33. The van der Waals surface area contributed by atoms with Gasteiger partial charge < -0.3 is 14.5 Å². The number of hydrogen-bond acceptors (Lipinski definition) is 4. The van der Waals surface area contributed by atoms with Crippen molar-refractivity contribution in [2.75, 3.05) is 69.8 Å². The molecule has 1 aliphatic carbocycles. The van der Waals surface area contributed by atoms with Crippen molar-refractivity contribution in [1.82, 2.24) is 4.90 Å². The molecular formula is C28H49N3O. The summed E-state index contributed by atoms with van der Waals surface area (Å²) in [4.78, 5) is 7.67. The van der Waals surface area contributed by atoms with Crippen molar-refractivity contribution in [3.05, 3.63) is 23.8 Å². The van der Waals surface area contributed by atoms with Gasteiger partial charge in [-0.2, -0.15) is 0 Å². The van der Waals surface area contributed by atoms with Crippen molar-refractivity contribution < 1.29 is 4.74 Å². The summed E-state index contributed by atoms with van der Waals surface area (Å²) in [5.41, 5.74) is 5.17. The first-order chi connectivity index (χ1) is 15.1. The van der Waals surface area contributed by atoms with Crippen LogP contribution in [0, 0.1) is 10.8 Å². The van der Waals surface area contributed by atoms with E-state index in [1.165, 1.54) is 63.1 Å². The van der Waals surface area contributed by atoms with Gasteiger partial charge in [0.15, 0.2) is 0 Å². The molecule has 2 aliphatic rings. The summed E-state index contributed by atoms with van der Waals surface area (Å²) in [5, 5.41) is 0. The van der Waals surface area contributed by atoms with Gasteiger partial charge in [-0.3, -0.25) is 4.90 Å². The average Bonchev–Trinajstić information content (AvgIpc) is 2.74. The van der Waals surface area contributed by atoms with E-state index in [1.807, 2.05) is 0 Å². The molecular weight excluding hydrogens is 394 g/mol. The standard InChI is InChI=1S/C28H49N3O/c1-8-9-12-30-13-15-31(16-14-30)26-19-24(29(6)17-18-32-7)10-11-25(26)23-20-27(2,3)22-28(4,5)21-23/h10-11,19,23H,8-9,12-18,20-22H2,1-7H3. The molecule has 0 N–H and O–H groups in total. The van der Waals surface area contributed by atoms with Crippen LogP contribution < -0.4 is 9.80 Å². The third-order valence-electron chi connectivity index (χ3n) is 7.62. The predicted octanol–water partition coefficient (Wildman–Crippen LogP) is 6.01. The lowest BCUT2D eigenvalue weighted by Gasteiger charge is -2.46. The number of rotatable bonds is 9. The fourth-order valence-corrected chi connectivity index (χ4v) is 6.41. The van der Waals surface area contributed by atoms with Gasteiger partial charge in [0, 0.05) is 58.3 Å². The van der Waals surface area contributed by atoms with Gasteiger partial charge in [-0.25, -0.2) is 0 Å². The van der Waals surface area contributed by atoms with Crippen LogP contribution in [-0.4, -0.2) is 64.9 Å². The molecule has 1 aliphatic heterocycles. The van der Waals surface area contributed by atoms with E-state index >= 15 is 0 Å². The molecule has 0 unspecified atom stereocenters. The van der Waals surface area contributed by atoms with Crippen molar-refractivity contribution in [1.29, 1.82) is 0 Å². The Morgan fingerprint density at radius 2 is 1.69 bits per heavy atom. The zero-order valence-electron chi connectivity index (χ0n) is 22.0. The normalized spacial score (nSPS) is 21.7. The highest BCUT2D eigenvalue weighted by Crippen LogP contribution is 2.53. The Hall–Kier alpha value is -1.26. The van der Waals surface area contributed by atoms with E-state index in [-0.39, 0.29) is 0 Å². The predicted molar refractivity (Wildman–Crippen MR) is 139 cm³/mol. The third-order valence-corrected chi connectivity index (χ3v) is 7.62. The number of hydrogen-bond donors (Lipinski definition) is 0. The molecule has 1 aromatic carbocycles. The zero-order chi connectivity index (χ0) is 23.4. The second-order valence-corrected chi connectivity index (χ2v) is 12.0. The molecule has 4 nitrogen and oxygen atoms in total. The molecule has 0 radical (unpaired) electrons. The fourth-order valence-electron chi connectivity index (χ4n) is 6.41. The molecule has 1 aromatic rings. The van der Waals surface area contributed by atoms with Crippen molar-refractivity contribution >= 4 is 11.4 Å². The van der Waals surface area contributed by atoms with Crippen LogP contribution in [-0.2, 0) is 4.74 Å². The molecule has 1 saturated carbocycles. The maximum Gasteiger partial charge on any atom is 0.0637 e. The Balaban J connectivity index is 1.87. The van der Waals surface area contributed by atoms with Crippen LogP contribution in [0.5, 0.6) is 0 Å². The molecule has 1 heterocycles. The third kappa shape index (κ3) is 6.63. The minimum Gasteiger partial charge on any atom is -0.383 e. The van der Waals surface area contributed by atoms with Crippen LogP contribution in [0.2, 0.25) is 0 Å². The van der Waals surface area contributed by atoms with E-state index in [0.717, 1.165) is 26.2 Å². The monoisotopic (exact) mass is 443 g/mol. The van der Waals surface area contributed by atoms with Gasteiger partial charge >= 0.3 is 0 Å². The van der Waals surface area contributed by atoms with Crippen LogP contribution in [0.4, 0.5) is 11.4 Å². The molecule has 0 amide bonds. The number of piperazine rings is 1. The number of likely N-dealkylation sites (N-methyl/N-ethyl adjacent to an activating group) is 1. The highest BCUT2D eigenvalue weighted by Gasteiger charge is 2.40. The molecule has 0 aromatic heterocycles. The van der Waals surface area contributed by atoms with E-state index in [4.69, 9.17) is 4.74 Å². The SMILES string of the molecule is CCCCN1CCN(c2cc(N(C)CCOC)ccc2C2CC(C)(C)CC(C)(C)C2)CC1. The van der Waals surface area contributed by atoms with Crippen molar-refractivity contribution in [3.63, 3.8) is 0 Å². The summed E-state index contributed by atoms with van der Waals surface area (Å²) < 4.78 is 5.33. The number of nitrogens with zero attached hydrogens (tertiary/aromatic N) is 3. The Kier molecular flexibility index (Phi) is 8.54. The van der Waals surface area contributed by atoms with E-state index < -0.39 is 0 Å². The fraction of sp³-hybridized carbons (Fsp3) is 0.786. The van der Waals surface area contributed by atoms with Gasteiger partial charge in [0.2, 0.25) is 0 Å². The minimum atomic E-state index is 0.399. The van der Waals surface area contributed by atoms with Crippen LogP contribution >= 0.6 is 0 Å². The van der Waals surface area contributed by atoms with Gasteiger partial charge in [-0.05, 0) is 66.7 Å². The molecule has 1 saturated heterocycles. The zero-order valence-corrected chi connectivity index (χ0v) is 22.0. The van der Waals surface area contributed by atoms with Crippen LogP contribution in [0.1, 0.15) is 78.2 Å². The summed E-state index contributed by atoms with van der Waals surface area (Å²) in [5.74, 6) is 0.639. The summed E-state index contributed by atoms with van der Waals surface area (Å²) in [6.07, 6.45) is 6.50. The second-order valence-electron chi connectivity index (χ2n) is 12.0. The number of methoxy groups -OCH3 is 1. The first-order valence-corrected chi connectivity index (χ1v) is 13.0. The van der Waals surface area contributed by atoms with E-state index in [9.17, 15) is 0 Å². The topological polar surface area (TPSA) is 19.0 Å². The van der Waals surface area contributed by atoms with Gasteiger partial charge in [0.1, 0.15) is 0 Å². The van der Waals surface area contributed by atoms with Gasteiger partial charge in [0.25, 0.3) is 0 Å². The van der Waals surface area contributed by atoms with Gasteiger partial charge in [0.05, 0.1) is 6.61 Å². The van der Waals surface area contributed by atoms with Gasteiger partial charge in [-0.1, -0.05) is 47.1 Å². The lowest BCUT2D eigenvalue weighted by atomic mass is 9.60. The number of benzene rings is 1. The number of unbranched alkanes of at least 4 members (excludes halogenated alkanes) is 1. The van der Waals surface area contributed by atoms with E-state index in [1.54, 1.807) is 12.7 Å². The average molecular weight is 444 g/mol. The van der Waals surface area contributed by atoms with Gasteiger partial charge in [-0.15, -0.1) is 0 Å². The smallest absolute Gasteiger partial charge is 0.0637 e. The van der Waals surface area contributed by atoms with Crippen molar-refractivity contribution in [2.24, 2.45) is 10.8 Å². The molecule has 0 bridgehead atoms. The summed E-state index contributed by atoms with van der Waals surface area (Å²) >= 11 is 0. The summed E-state index contributed by atoms with van der Waals surface area (Å²) in [6, 6.07) is 7.28. The number of anilines is 2. The minimum absolute atomic E-state index is 0.399. The van der Waals surface area contributed by atoms with Crippen LogP contribution in [0.25, 0.3) is 0 Å². The Labute approximate surface area is 198 Å². The Morgan fingerprint density at radius 3 is 2.28 bits per heavy atom. The van der Waals surface area contributed by atoms with E-state index in [2.05, 4.69) is 74.6 Å². The molecule has 3 rings (SSSR count). The second kappa shape index (κ2) is 10.8. The molecule has 32 heavy (non-hydrogen) atoms. The first-order valence-electron chi connectivity index (χ1n) is 13.0. The molecule has 4 heteroatoms. The van der Waals surface area contributed by atoms with Crippen LogP contribution in [0.3, 0.4) is 0 Å². The Bertz CT molecular complexity index is 705. The van der Waals surface area contributed by atoms with E-state index in [0.29, 0.717) is 16.7 Å². The lowest BCUT2D eigenvalue weighted by Crippen LogP contribution is -2.47. The molecule has 2 fully saturated rings. The molecule has 0 atom stereocenters. The van der Waals surface area contributed by atoms with Crippen molar-refractivity contribution in [2.45, 2.75) is 72.6 Å². The molecule has 182 valence electrons. The molecule has 0 spiro atoms. The van der Waals surface area contributed by atoms with Crippen molar-refractivity contribution in [3.8, 4) is 0 Å². The maximum atomic E-state index is 5.33.